The van der Waals surface area contributed by atoms with Crippen LogP contribution in [0, 0.1) is 5.92 Å². The number of carbonyl (C=O) groups is 1. The van der Waals surface area contributed by atoms with Crippen LogP contribution in [-0.4, -0.2) is 53.7 Å². The van der Waals surface area contributed by atoms with Crippen LogP contribution in [0.1, 0.15) is 12.8 Å². The fourth-order valence-electron chi connectivity index (χ4n) is 3.53. The number of amides is 1. The van der Waals surface area contributed by atoms with Gasteiger partial charge < -0.3 is 10.2 Å². The number of hydrogen-bond donors (Lipinski definition) is 1. The van der Waals surface area contributed by atoms with Crippen molar-refractivity contribution in [2.75, 3.05) is 23.3 Å². The van der Waals surface area contributed by atoms with Gasteiger partial charge in [-0.05, 0) is 25.0 Å². The first-order valence-corrected chi connectivity index (χ1v) is 10.7. The molecule has 0 aliphatic carbocycles. The molecule has 0 radical (unpaired) electrons. The van der Waals surface area contributed by atoms with Crippen molar-refractivity contribution in [3.63, 3.8) is 0 Å². The van der Waals surface area contributed by atoms with Crippen molar-refractivity contribution in [1.82, 2.24) is 34.7 Å². The van der Waals surface area contributed by atoms with E-state index in [0.717, 1.165) is 36.6 Å². The van der Waals surface area contributed by atoms with Gasteiger partial charge in [0, 0.05) is 30.7 Å². The van der Waals surface area contributed by atoms with E-state index in [2.05, 4.69) is 40.2 Å². The minimum Gasteiger partial charge on any atom is -0.356 e. The van der Waals surface area contributed by atoms with Crippen molar-refractivity contribution >= 4 is 28.2 Å². The second kappa shape index (κ2) is 8.56. The average Bonchev–Trinajstić information content (AvgIpc) is 3.53. The van der Waals surface area contributed by atoms with Gasteiger partial charge in [0.15, 0.2) is 10.9 Å². The van der Waals surface area contributed by atoms with Crippen molar-refractivity contribution < 1.29 is 4.79 Å². The summed E-state index contributed by atoms with van der Waals surface area (Å²) in [5, 5.41) is 9.56. The summed E-state index contributed by atoms with van der Waals surface area (Å²) in [6.45, 7) is 1.41. The molecule has 11 heteroatoms. The van der Waals surface area contributed by atoms with Crippen LogP contribution in [0.4, 0.5) is 10.9 Å². The van der Waals surface area contributed by atoms with Gasteiger partial charge in [0.1, 0.15) is 30.5 Å². The monoisotopic (exact) mass is 433 g/mol. The lowest BCUT2D eigenvalue weighted by atomic mass is 9.97. The Labute approximate surface area is 182 Å². The highest BCUT2D eigenvalue weighted by Gasteiger charge is 2.27. The van der Waals surface area contributed by atoms with Crippen molar-refractivity contribution in [2.45, 2.75) is 12.8 Å². The van der Waals surface area contributed by atoms with E-state index in [4.69, 9.17) is 0 Å². The van der Waals surface area contributed by atoms with Gasteiger partial charge in [-0.15, -0.1) is 11.3 Å². The molecule has 10 nitrogen and oxygen atoms in total. The molecule has 1 aliphatic rings. The first kappa shape index (κ1) is 19.2. The molecule has 0 aromatic carbocycles. The summed E-state index contributed by atoms with van der Waals surface area (Å²) in [6, 6.07) is 7.53. The zero-order valence-electron chi connectivity index (χ0n) is 16.5. The Balaban J connectivity index is 1.26. The maximum absolute atomic E-state index is 12.9. The van der Waals surface area contributed by atoms with Crippen molar-refractivity contribution in [1.29, 1.82) is 0 Å². The van der Waals surface area contributed by atoms with Crippen LogP contribution < -0.4 is 10.2 Å². The first-order valence-electron chi connectivity index (χ1n) is 9.86. The number of anilines is 2. The van der Waals surface area contributed by atoms with Gasteiger partial charge in [-0.3, -0.25) is 9.78 Å². The highest BCUT2D eigenvalue weighted by Crippen LogP contribution is 2.26. The van der Waals surface area contributed by atoms with Gasteiger partial charge >= 0.3 is 0 Å². The number of hydrogen-bond acceptors (Lipinski definition) is 9. The molecule has 5 rings (SSSR count). The summed E-state index contributed by atoms with van der Waals surface area (Å²) in [7, 11) is 0. The maximum Gasteiger partial charge on any atom is 0.231 e. The van der Waals surface area contributed by atoms with Gasteiger partial charge in [-0.2, -0.15) is 5.10 Å². The summed E-state index contributed by atoms with van der Waals surface area (Å²) < 4.78 is 1.58. The zero-order valence-corrected chi connectivity index (χ0v) is 17.3. The van der Waals surface area contributed by atoms with Crippen LogP contribution in [0.2, 0.25) is 0 Å². The highest BCUT2D eigenvalue weighted by molar-refractivity contribution is 7.14. The fraction of sp³-hybridized carbons (Fsp3) is 0.250. The van der Waals surface area contributed by atoms with E-state index in [0.29, 0.717) is 17.5 Å². The smallest absolute Gasteiger partial charge is 0.231 e. The molecule has 1 N–H and O–H groups in total. The Kier molecular flexibility index (Phi) is 5.31. The molecular weight excluding hydrogens is 414 g/mol. The number of carbonyl (C=O) groups excluding carboxylic acids is 1. The van der Waals surface area contributed by atoms with E-state index < -0.39 is 0 Å². The third kappa shape index (κ3) is 4.26. The third-order valence-corrected chi connectivity index (χ3v) is 5.83. The van der Waals surface area contributed by atoms with E-state index in [1.165, 1.54) is 24.0 Å². The normalized spacial score (nSPS) is 16.3. The molecule has 4 aromatic heterocycles. The first-order chi connectivity index (χ1) is 15.3. The van der Waals surface area contributed by atoms with Gasteiger partial charge in [0.25, 0.3) is 0 Å². The van der Waals surface area contributed by atoms with Crippen molar-refractivity contribution in [3.05, 3.63) is 54.8 Å². The lowest BCUT2D eigenvalue weighted by molar-refractivity contribution is -0.120. The number of thiazole rings is 1. The highest BCUT2D eigenvalue weighted by atomic mass is 32.1. The Morgan fingerprint density at radius 3 is 2.90 bits per heavy atom. The summed E-state index contributed by atoms with van der Waals surface area (Å²) in [5.74, 6) is 1.22. The molecule has 4 aromatic rings. The standard InChI is InChI=1S/C20H19N9OS/c30-19(27-20-26-16(10-31-20)15-5-1-2-6-22-15)14-4-3-7-28(9-14)17-8-18(24-12-23-17)29-13-21-11-25-29/h1-2,5-6,8,10-14H,3-4,7,9H2,(H,26,27,30)/t14-/m1/s1. The summed E-state index contributed by atoms with van der Waals surface area (Å²) in [4.78, 5) is 36.4. The van der Waals surface area contributed by atoms with Gasteiger partial charge in [0.2, 0.25) is 5.91 Å². The SMILES string of the molecule is O=C(Nc1nc(-c2ccccn2)cs1)[C@@H]1CCCN(c2cc(-n3cncn3)ncn2)C1. The van der Waals surface area contributed by atoms with Crippen LogP contribution in [0.3, 0.4) is 0 Å². The molecule has 1 fully saturated rings. The van der Waals surface area contributed by atoms with E-state index in [1.807, 2.05) is 29.6 Å². The molecule has 1 atom stereocenters. The Morgan fingerprint density at radius 2 is 2.06 bits per heavy atom. The molecular formula is C20H19N9OS. The number of aromatic nitrogens is 7. The zero-order chi connectivity index (χ0) is 21.0. The van der Waals surface area contributed by atoms with Crippen molar-refractivity contribution in [2.24, 2.45) is 5.92 Å². The molecule has 31 heavy (non-hydrogen) atoms. The summed E-state index contributed by atoms with van der Waals surface area (Å²) >= 11 is 1.40. The lowest BCUT2D eigenvalue weighted by Gasteiger charge is -2.32. The quantitative estimate of drug-likeness (QED) is 0.510. The maximum atomic E-state index is 12.9. The molecule has 5 heterocycles. The summed E-state index contributed by atoms with van der Waals surface area (Å²) in [5.41, 5.74) is 1.54. The molecule has 156 valence electrons. The molecule has 1 amide bonds. The predicted octanol–water partition coefficient (Wildman–Crippen LogP) is 2.43. The Morgan fingerprint density at radius 1 is 1.13 bits per heavy atom. The van der Waals surface area contributed by atoms with E-state index in [-0.39, 0.29) is 11.8 Å². The van der Waals surface area contributed by atoms with E-state index in [1.54, 1.807) is 17.2 Å². The number of nitrogens with zero attached hydrogens (tertiary/aromatic N) is 8. The van der Waals surface area contributed by atoms with Crippen LogP contribution >= 0.6 is 11.3 Å². The molecule has 0 unspecified atom stereocenters. The summed E-state index contributed by atoms with van der Waals surface area (Å²) in [6.07, 6.45) is 8.00. The van der Waals surface area contributed by atoms with Gasteiger partial charge in [-0.25, -0.2) is 24.6 Å². The van der Waals surface area contributed by atoms with E-state index >= 15 is 0 Å². The second-order valence-corrected chi connectivity index (χ2v) is 7.96. The lowest BCUT2D eigenvalue weighted by Crippen LogP contribution is -2.41. The minimum atomic E-state index is -0.152. The number of nitrogens with one attached hydrogen (secondary N) is 1. The Hall–Kier alpha value is -3.73. The second-order valence-electron chi connectivity index (χ2n) is 7.10. The number of pyridine rings is 1. The molecule has 1 saturated heterocycles. The molecule has 0 saturated carbocycles. The van der Waals surface area contributed by atoms with Crippen LogP contribution in [0.25, 0.3) is 17.2 Å². The third-order valence-electron chi connectivity index (χ3n) is 5.07. The number of piperidine rings is 1. The van der Waals surface area contributed by atoms with E-state index in [9.17, 15) is 4.79 Å². The molecule has 0 bridgehead atoms. The predicted molar refractivity (Wildman–Crippen MR) is 116 cm³/mol. The largest absolute Gasteiger partial charge is 0.356 e. The Bertz CT molecular complexity index is 1160. The topological polar surface area (TPSA) is 115 Å². The van der Waals surface area contributed by atoms with Gasteiger partial charge in [-0.1, -0.05) is 6.07 Å². The average molecular weight is 434 g/mol. The van der Waals surface area contributed by atoms with Crippen LogP contribution in [-0.2, 0) is 4.79 Å². The molecule has 0 spiro atoms. The van der Waals surface area contributed by atoms with Gasteiger partial charge in [0.05, 0.1) is 11.6 Å². The number of rotatable bonds is 5. The fourth-order valence-corrected chi connectivity index (χ4v) is 4.24. The van der Waals surface area contributed by atoms with Crippen molar-refractivity contribution in [3.8, 4) is 17.2 Å². The van der Waals surface area contributed by atoms with Crippen LogP contribution in [0.15, 0.2) is 54.8 Å². The van der Waals surface area contributed by atoms with Crippen LogP contribution in [0.5, 0.6) is 0 Å². The molecule has 1 aliphatic heterocycles. The minimum absolute atomic E-state index is 0.0304.